The third-order valence-electron chi connectivity index (χ3n) is 3.59. The number of amides is 2. The van der Waals surface area contributed by atoms with Gasteiger partial charge in [0.1, 0.15) is 0 Å². The summed E-state index contributed by atoms with van der Waals surface area (Å²) < 4.78 is 60.9. The Labute approximate surface area is 178 Å². The molecule has 0 heterocycles. The number of carbonyl (C=O) groups is 2. The number of nitrogens with one attached hydrogen (secondary N) is 2. The molecule has 0 saturated heterocycles. The Balaban J connectivity index is 2.11. The molecule has 2 aromatic carbocycles. The maximum Gasteiger partial charge on any atom is 0.501 e. The number of carbonyl (C=O) groups excluding carboxylic acids is 2. The van der Waals surface area contributed by atoms with Crippen LogP contribution in [0.25, 0.3) is 0 Å². The average molecular weight is 477 g/mol. The first-order valence-corrected chi connectivity index (χ1v) is 10.7. The number of halogens is 3. The number of benzene rings is 2. The van der Waals surface area contributed by atoms with Gasteiger partial charge in [-0.1, -0.05) is 0 Å². The van der Waals surface area contributed by atoms with Crippen molar-refractivity contribution in [2.75, 3.05) is 16.4 Å². The van der Waals surface area contributed by atoms with Crippen LogP contribution in [0.4, 0.5) is 30.2 Å². The number of nitrogens with zero attached hydrogens (tertiary/aromatic N) is 1. The minimum absolute atomic E-state index is 0.178. The summed E-state index contributed by atoms with van der Waals surface area (Å²) in [6, 6.07) is 7.83. The Kier molecular flexibility index (Phi) is 7.28. The lowest BCUT2D eigenvalue weighted by Crippen LogP contribution is -2.23. The van der Waals surface area contributed by atoms with Crippen LogP contribution in [0.15, 0.2) is 52.3 Å². The van der Waals surface area contributed by atoms with Gasteiger partial charge in [0.2, 0.25) is 11.8 Å². The molecule has 0 fully saturated rings. The number of nitro groups is 1. The van der Waals surface area contributed by atoms with E-state index in [1.165, 1.54) is 31.2 Å². The van der Waals surface area contributed by atoms with Gasteiger partial charge >= 0.3 is 5.51 Å². The molecule has 2 amide bonds. The Morgan fingerprint density at radius 2 is 1.61 bits per heavy atom. The second-order valence-electron chi connectivity index (χ2n) is 5.93. The van der Waals surface area contributed by atoms with E-state index in [9.17, 15) is 41.3 Å². The molecular weight excluding hydrogens is 463 g/mol. The summed E-state index contributed by atoms with van der Waals surface area (Å²) >= 11 is 0.654. The molecule has 14 heteroatoms. The summed E-state index contributed by atoms with van der Waals surface area (Å²) in [4.78, 5) is 31.8. The van der Waals surface area contributed by atoms with Crippen LogP contribution in [-0.2, 0) is 19.4 Å². The van der Waals surface area contributed by atoms with Gasteiger partial charge in [-0.15, -0.1) is 11.8 Å². The summed E-state index contributed by atoms with van der Waals surface area (Å²) in [7, 11) is -5.75. The molecule has 166 valence electrons. The highest BCUT2D eigenvalue weighted by Crippen LogP contribution is 2.36. The van der Waals surface area contributed by atoms with Crippen LogP contribution in [0.3, 0.4) is 0 Å². The minimum atomic E-state index is -5.75. The molecule has 0 spiro atoms. The van der Waals surface area contributed by atoms with Crippen LogP contribution < -0.4 is 10.6 Å². The van der Waals surface area contributed by atoms with E-state index in [2.05, 4.69) is 10.6 Å². The van der Waals surface area contributed by atoms with E-state index in [0.717, 1.165) is 6.07 Å². The fraction of sp³-hybridized carbons (Fsp3) is 0.176. The van der Waals surface area contributed by atoms with E-state index in [1.54, 1.807) is 0 Å². The van der Waals surface area contributed by atoms with Gasteiger partial charge in [0.05, 0.1) is 20.5 Å². The summed E-state index contributed by atoms with van der Waals surface area (Å²) in [6.07, 6.45) is 0. The zero-order chi connectivity index (χ0) is 23.4. The van der Waals surface area contributed by atoms with Crippen molar-refractivity contribution in [3.63, 3.8) is 0 Å². The smallest absolute Gasteiger partial charge is 0.326 e. The highest BCUT2D eigenvalue weighted by Gasteiger charge is 2.47. The van der Waals surface area contributed by atoms with E-state index in [4.69, 9.17) is 0 Å². The number of rotatable bonds is 7. The van der Waals surface area contributed by atoms with Crippen LogP contribution in [-0.4, -0.2) is 36.4 Å². The normalized spacial score (nSPS) is 11.6. The highest BCUT2D eigenvalue weighted by atomic mass is 32.2. The first-order chi connectivity index (χ1) is 14.3. The number of sulfone groups is 1. The molecule has 0 atom stereocenters. The van der Waals surface area contributed by atoms with Crippen molar-refractivity contribution in [1.29, 1.82) is 0 Å². The van der Waals surface area contributed by atoms with Gasteiger partial charge in [-0.25, -0.2) is 8.42 Å². The molecule has 0 aliphatic rings. The lowest BCUT2D eigenvalue weighted by molar-refractivity contribution is -0.388. The second-order valence-corrected chi connectivity index (χ2v) is 8.89. The van der Waals surface area contributed by atoms with Crippen molar-refractivity contribution >= 4 is 50.5 Å². The average Bonchev–Trinajstić information content (AvgIpc) is 2.66. The molecule has 0 aliphatic heterocycles. The van der Waals surface area contributed by atoms with Gasteiger partial charge in [-0.3, -0.25) is 19.7 Å². The number of nitro benzene ring substituents is 1. The number of anilines is 2. The monoisotopic (exact) mass is 477 g/mol. The third kappa shape index (κ3) is 6.18. The summed E-state index contributed by atoms with van der Waals surface area (Å²) in [5, 5.41) is 16.2. The number of hydrogen-bond donors (Lipinski definition) is 2. The maximum absolute atomic E-state index is 12.7. The third-order valence-corrected chi connectivity index (χ3v) is 6.14. The fourth-order valence-electron chi connectivity index (χ4n) is 2.24. The van der Waals surface area contributed by atoms with Crippen molar-refractivity contribution in [1.82, 2.24) is 0 Å². The standard InChI is InChI=1S/C17H14F3N3O6S2/c1-10(24)21-11-2-4-12(5-3-11)22-16(25)9-30-15-7-6-13(8-14(15)23(26)27)31(28,29)17(18,19)20/h2-8H,9H2,1H3,(H,21,24)(H,22,25). The molecule has 0 radical (unpaired) electrons. The molecule has 2 N–H and O–H groups in total. The van der Waals surface area contributed by atoms with Crippen molar-refractivity contribution in [2.45, 2.75) is 22.2 Å². The topological polar surface area (TPSA) is 135 Å². The van der Waals surface area contributed by atoms with Crippen LogP contribution in [0.5, 0.6) is 0 Å². The molecule has 0 unspecified atom stereocenters. The van der Waals surface area contributed by atoms with Crippen molar-refractivity contribution in [3.05, 3.63) is 52.6 Å². The number of alkyl halides is 3. The highest BCUT2D eigenvalue weighted by molar-refractivity contribution is 8.00. The van der Waals surface area contributed by atoms with E-state index in [1.807, 2.05) is 0 Å². The molecule has 0 aliphatic carbocycles. The van der Waals surface area contributed by atoms with Crippen molar-refractivity contribution < 1.29 is 36.1 Å². The molecule has 0 bridgehead atoms. The molecule has 31 heavy (non-hydrogen) atoms. The second kappa shape index (κ2) is 9.34. The van der Waals surface area contributed by atoms with E-state index < -0.39 is 36.8 Å². The maximum atomic E-state index is 12.7. The minimum Gasteiger partial charge on any atom is -0.326 e. The van der Waals surface area contributed by atoms with Gasteiger partial charge < -0.3 is 10.6 Å². The fourth-order valence-corrected chi connectivity index (χ4v) is 3.83. The quantitative estimate of drug-likeness (QED) is 0.353. The Hall–Kier alpha value is -3.13. The summed E-state index contributed by atoms with van der Waals surface area (Å²) in [5.74, 6) is -1.18. The van der Waals surface area contributed by atoms with Crippen LogP contribution in [0.1, 0.15) is 6.92 Å². The van der Waals surface area contributed by atoms with Crippen LogP contribution in [0, 0.1) is 10.1 Å². The molecule has 0 saturated carbocycles. The number of hydrogen-bond acceptors (Lipinski definition) is 7. The predicted molar refractivity (Wildman–Crippen MR) is 106 cm³/mol. The lowest BCUT2D eigenvalue weighted by atomic mass is 10.3. The molecule has 2 aromatic rings. The lowest BCUT2D eigenvalue weighted by Gasteiger charge is -2.10. The predicted octanol–water partition coefficient (Wildman–Crippen LogP) is 3.58. The van der Waals surface area contributed by atoms with Crippen molar-refractivity contribution in [3.8, 4) is 0 Å². The van der Waals surface area contributed by atoms with Crippen LogP contribution in [0.2, 0.25) is 0 Å². The molecule has 9 nitrogen and oxygen atoms in total. The Morgan fingerprint density at radius 3 is 2.10 bits per heavy atom. The first-order valence-electron chi connectivity index (χ1n) is 8.21. The number of thioether (sulfide) groups is 1. The zero-order valence-electron chi connectivity index (χ0n) is 15.6. The molecular formula is C17H14F3N3O6S2. The zero-order valence-corrected chi connectivity index (χ0v) is 17.2. The van der Waals surface area contributed by atoms with Gasteiger partial charge in [-0.05, 0) is 36.4 Å². The van der Waals surface area contributed by atoms with Gasteiger partial charge in [0, 0.05) is 24.4 Å². The summed E-state index contributed by atoms with van der Waals surface area (Å²) in [6.45, 7) is 1.33. The van der Waals surface area contributed by atoms with E-state index >= 15 is 0 Å². The summed E-state index contributed by atoms with van der Waals surface area (Å²) in [5.41, 5.74) is -5.60. The Bertz CT molecular complexity index is 1120. The van der Waals surface area contributed by atoms with Gasteiger partial charge in [-0.2, -0.15) is 13.2 Å². The van der Waals surface area contributed by atoms with Crippen molar-refractivity contribution in [2.24, 2.45) is 0 Å². The van der Waals surface area contributed by atoms with Gasteiger partial charge in [0.25, 0.3) is 15.5 Å². The Morgan fingerprint density at radius 1 is 1.06 bits per heavy atom. The molecule has 2 rings (SSSR count). The first kappa shape index (κ1) is 24.1. The van der Waals surface area contributed by atoms with Crippen LogP contribution >= 0.6 is 11.8 Å². The SMILES string of the molecule is CC(=O)Nc1ccc(NC(=O)CSc2ccc(S(=O)(=O)C(F)(F)F)cc2[N+](=O)[O-])cc1. The van der Waals surface area contributed by atoms with Gasteiger partial charge in [0.15, 0.2) is 0 Å². The van der Waals surface area contributed by atoms with E-state index in [-0.39, 0.29) is 16.6 Å². The molecule has 0 aromatic heterocycles. The van der Waals surface area contributed by atoms with E-state index in [0.29, 0.717) is 35.3 Å². The largest absolute Gasteiger partial charge is 0.501 e.